The number of sulfone groups is 1. The van der Waals surface area contributed by atoms with Crippen molar-refractivity contribution in [2.24, 2.45) is 0 Å². The number of hydrogen-bond donors (Lipinski definition) is 0. The van der Waals surface area contributed by atoms with E-state index in [0.717, 1.165) is 0 Å². The van der Waals surface area contributed by atoms with Crippen molar-refractivity contribution in [3.8, 4) is 17.6 Å². The Bertz CT molecular complexity index is 1360. The number of nitrogens with zero attached hydrogens (tertiary/aromatic N) is 1. The van der Waals surface area contributed by atoms with Crippen LogP contribution in [0.2, 0.25) is 20.1 Å². The second kappa shape index (κ2) is 10.7. The molecule has 3 aromatic carbocycles. The van der Waals surface area contributed by atoms with Gasteiger partial charge in [0.1, 0.15) is 17.6 Å². The van der Waals surface area contributed by atoms with Gasteiger partial charge in [-0.3, -0.25) is 0 Å². The van der Waals surface area contributed by atoms with Gasteiger partial charge in [-0.15, -0.1) is 0 Å². The Balaban J connectivity index is 2.05. The lowest BCUT2D eigenvalue weighted by atomic mass is 10.1. The SMILES string of the molecule is COc1cccc(C=C(C#N)S(=O)(=O)c2ccc(Cl)cc2)c1OCc1c(Cl)ccc(Cl)c1Cl. The average Bonchev–Trinajstić information content (AvgIpc) is 2.80. The molecular weight excluding hydrogens is 528 g/mol. The van der Waals surface area contributed by atoms with Crippen molar-refractivity contribution in [2.75, 3.05) is 7.11 Å². The lowest BCUT2D eigenvalue weighted by Crippen LogP contribution is -2.05. The van der Waals surface area contributed by atoms with E-state index in [0.29, 0.717) is 31.9 Å². The Morgan fingerprint density at radius 1 is 1.00 bits per heavy atom. The van der Waals surface area contributed by atoms with Crippen LogP contribution >= 0.6 is 46.4 Å². The molecule has 0 saturated carbocycles. The fraction of sp³-hybridized carbons (Fsp3) is 0.0870. The van der Waals surface area contributed by atoms with Crippen LogP contribution in [0.4, 0.5) is 0 Å². The van der Waals surface area contributed by atoms with E-state index in [1.807, 2.05) is 0 Å². The molecule has 0 aliphatic heterocycles. The highest BCUT2D eigenvalue weighted by Gasteiger charge is 2.22. The van der Waals surface area contributed by atoms with Gasteiger partial charge in [-0.1, -0.05) is 58.5 Å². The minimum absolute atomic E-state index is 0.0671. The van der Waals surface area contributed by atoms with Crippen LogP contribution in [0, 0.1) is 11.3 Å². The minimum atomic E-state index is -4.10. The van der Waals surface area contributed by atoms with E-state index in [2.05, 4.69) is 0 Å². The molecule has 0 N–H and O–H groups in total. The van der Waals surface area contributed by atoms with Gasteiger partial charge in [0.15, 0.2) is 11.5 Å². The number of ether oxygens (including phenoxy) is 2. The molecule has 0 bridgehead atoms. The van der Waals surface area contributed by atoms with Crippen LogP contribution in [-0.4, -0.2) is 15.5 Å². The highest BCUT2D eigenvalue weighted by molar-refractivity contribution is 7.95. The third kappa shape index (κ3) is 5.57. The van der Waals surface area contributed by atoms with E-state index in [1.165, 1.54) is 37.5 Å². The summed E-state index contributed by atoms with van der Waals surface area (Å²) < 4.78 is 37.3. The number of hydrogen-bond acceptors (Lipinski definition) is 5. The molecule has 0 aliphatic rings. The van der Waals surface area contributed by atoms with Crippen LogP contribution in [0.5, 0.6) is 11.5 Å². The summed E-state index contributed by atoms with van der Waals surface area (Å²) in [5.41, 5.74) is 0.749. The summed E-state index contributed by atoms with van der Waals surface area (Å²) in [5, 5.41) is 10.9. The smallest absolute Gasteiger partial charge is 0.216 e. The van der Waals surface area contributed by atoms with E-state index >= 15 is 0 Å². The number of rotatable bonds is 7. The predicted molar refractivity (Wildman–Crippen MR) is 131 cm³/mol. The van der Waals surface area contributed by atoms with Crippen molar-refractivity contribution in [3.05, 3.63) is 90.7 Å². The number of allylic oxidation sites excluding steroid dienone is 1. The van der Waals surface area contributed by atoms with E-state index < -0.39 is 14.7 Å². The Morgan fingerprint density at radius 3 is 2.30 bits per heavy atom. The van der Waals surface area contributed by atoms with Gasteiger partial charge in [-0.2, -0.15) is 5.26 Å². The van der Waals surface area contributed by atoms with E-state index in [4.69, 9.17) is 55.9 Å². The van der Waals surface area contributed by atoms with Crippen LogP contribution in [0.15, 0.2) is 64.4 Å². The van der Waals surface area contributed by atoms with Crippen LogP contribution < -0.4 is 9.47 Å². The molecule has 3 aromatic rings. The molecule has 0 aromatic heterocycles. The van der Waals surface area contributed by atoms with E-state index in [9.17, 15) is 13.7 Å². The average molecular weight is 543 g/mol. The van der Waals surface area contributed by atoms with Crippen molar-refractivity contribution in [1.29, 1.82) is 5.26 Å². The maximum absolute atomic E-state index is 13.0. The van der Waals surface area contributed by atoms with Crippen LogP contribution in [0.1, 0.15) is 11.1 Å². The monoisotopic (exact) mass is 541 g/mol. The molecule has 170 valence electrons. The van der Waals surface area contributed by atoms with Gasteiger partial charge >= 0.3 is 0 Å². The quantitative estimate of drug-likeness (QED) is 0.232. The van der Waals surface area contributed by atoms with E-state index in [-0.39, 0.29) is 22.3 Å². The summed E-state index contributed by atoms with van der Waals surface area (Å²) in [6, 6.07) is 15.3. The van der Waals surface area contributed by atoms with Crippen molar-refractivity contribution in [3.63, 3.8) is 0 Å². The number of methoxy groups -OCH3 is 1. The maximum atomic E-state index is 13.0. The number of para-hydroxylation sites is 1. The lowest BCUT2D eigenvalue weighted by Gasteiger charge is -2.15. The van der Waals surface area contributed by atoms with E-state index in [1.54, 1.807) is 36.4 Å². The van der Waals surface area contributed by atoms with Gasteiger partial charge in [-0.05, 0) is 48.5 Å². The van der Waals surface area contributed by atoms with Gasteiger partial charge in [0.05, 0.1) is 22.1 Å². The number of benzene rings is 3. The van der Waals surface area contributed by atoms with Crippen molar-refractivity contribution in [1.82, 2.24) is 0 Å². The van der Waals surface area contributed by atoms with Crippen molar-refractivity contribution >= 4 is 62.3 Å². The molecule has 0 heterocycles. The highest BCUT2D eigenvalue weighted by Crippen LogP contribution is 2.37. The van der Waals surface area contributed by atoms with Crippen molar-refractivity contribution in [2.45, 2.75) is 11.5 Å². The Labute approximate surface area is 211 Å². The van der Waals surface area contributed by atoms with Crippen LogP contribution in [0.25, 0.3) is 6.08 Å². The molecule has 33 heavy (non-hydrogen) atoms. The molecule has 0 spiro atoms. The first-order chi connectivity index (χ1) is 15.7. The van der Waals surface area contributed by atoms with Gasteiger partial charge in [0.25, 0.3) is 0 Å². The molecule has 10 heteroatoms. The maximum Gasteiger partial charge on any atom is 0.216 e. The summed E-state index contributed by atoms with van der Waals surface area (Å²) in [5.74, 6) is 0.519. The number of nitriles is 1. The second-order valence-corrected chi connectivity index (χ2v) is 10.1. The van der Waals surface area contributed by atoms with Gasteiger partial charge in [0.2, 0.25) is 9.84 Å². The minimum Gasteiger partial charge on any atom is -0.493 e. The zero-order chi connectivity index (χ0) is 24.2. The summed E-state index contributed by atoms with van der Waals surface area (Å²) >= 11 is 24.4. The largest absolute Gasteiger partial charge is 0.493 e. The van der Waals surface area contributed by atoms with Gasteiger partial charge in [0, 0.05) is 21.2 Å². The Hall–Kier alpha value is -2.40. The third-order valence-electron chi connectivity index (χ3n) is 4.54. The second-order valence-electron chi connectivity index (χ2n) is 6.57. The van der Waals surface area contributed by atoms with Gasteiger partial charge < -0.3 is 9.47 Å². The molecule has 0 aliphatic carbocycles. The lowest BCUT2D eigenvalue weighted by molar-refractivity contribution is 0.284. The van der Waals surface area contributed by atoms with Crippen LogP contribution in [-0.2, 0) is 16.4 Å². The molecule has 0 atom stereocenters. The highest BCUT2D eigenvalue weighted by atomic mass is 35.5. The molecule has 0 amide bonds. The molecule has 5 nitrogen and oxygen atoms in total. The van der Waals surface area contributed by atoms with Crippen LogP contribution in [0.3, 0.4) is 0 Å². The normalized spacial score (nSPS) is 11.7. The molecule has 0 radical (unpaired) electrons. The Morgan fingerprint density at radius 2 is 1.67 bits per heavy atom. The zero-order valence-corrected chi connectivity index (χ0v) is 20.8. The molecule has 3 rings (SSSR count). The summed E-state index contributed by atoms with van der Waals surface area (Å²) in [7, 11) is -2.67. The Kier molecular flexibility index (Phi) is 8.17. The first-order valence-corrected chi connectivity index (χ1v) is 12.2. The standard InChI is InChI=1S/C23H15Cl4NO4S/c1-31-21-4-2-3-14(23(21)32-13-18-19(25)9-10-20(26)22(18)27)11-17(12-28)33(29,30)16-7-5-15(24)6-8-16/h2-11H,13H2,1H3. The fourth-order valence-electron chi connectivity index (χ4n) is 2.86. The first kappa shape index (κ1) is 25.2. The first-order valence-electron chi connectivity index (χ1n) is 9.23. The molecule has 0 fully saturated rings. The summed E-state index contributed by atoms with van der Waals surface area (Å²) in [6.07, 6.45) is 1.21. The molecule has 0 unspecified atom stereocenters. The third-order valence-corrected chi connectivity index (χ3v) is 7.67. The summed E-state index contributed by atoms with van der Waals surface area (Å²) in [4.78, 5) is -0.552. The summed E-state index contributed by atoms with van der Waals surface area (Å²) in [6.45, 7) is -0.0781. The topological polar surface area (TPSA) is 76.4 Å². The number of halogens is 4. The zero-order valence-electron chi connectivity index (χ0n) is 17.0. The predicted octanol–water partition coefficient (Wildman–Crippen LogP) is 7.23. The fourth-order valence-corrected chi connectivity index (χ4v) is 4.79. The molecular formula is C23H15Cl4NO4S. The van der Waals surface area contributed by atoms with Gasteiger partial charge in [-0.25, -0.2) is 8.42 Å². The molecule has 0 saturated heterocycles. The van der Waals surface area contributed by atoms with Crippen molar-refractivity contribution < 1.29 is 17.9 Å².